The van der Waals surface area contributed by atoms with Gasteiger partial charge in [-0.1, -0.05) is 0 Å². The maximum absolute atomic E-state index is 12.0. The molecule has 1 aliphatic heterocycles. The molecule has 164 valence electrons. The molecule has 12 heteroatoms. The third-order valence-corrected chi connectivity index (χ3v) is 4.96. The number of fused-ring (bicyclic) bond motifs is 1. The van der Waals surface area contributed by atoms with E-state index >= 15 is 0 Å². The molecule has 4 atom stereocenters. The molecule has 0 aromatic carbocycles. The maximum atomic E-state index is 12.0. The van der Waals surface area contributed by atoms with Crippen LogP contribution in [0.2, 0.25) is 0 Å². The number of nitrogens with one attached hydrogen (secondary N) is 2. The summed E-state index contributed by atoms with van der Waals surface area (Å²) in [5, 5.41) is 26.2. The summed E-state index contributed by atoms with van der Waals surface area (Å²) in [7, 11) is 3.12. The van der Waals surface area contributed by atoms with Gasteiger partial charge < -0.3 is 30.3 Å². The van der Waals surface area contributed by atoms with Crippen LogP contribution in [0.5, 0.6) is 5.75 Å². The number of pyridine rings is 1. The Hall–Kier alpha value is -3.35. The van der Waals surface area contributed by atoms with Crippen LogP contribution in [0.1, 0.15) is 13.2 Å². The number of ether oxygens (including phenoxy) is 2. The second kappa shape index (κ2) is 8.41. The van der Waals surface area contributed by atoms with Gasteiger partial charge in [-0.2, -0.15) is 0 Å². The molecular weight excluding hydrogens is 406 g/mol. The van der Waals surface area contributed by atoms with Crippen LogP contribution in [0, 0.1) is 0 Å². The molecule has 4 N–H and O–H groups in total. The Balaban J connectivity index is 1.79. The number of imidazole rings is 1. The molecule has 1 fully saturated rings. The van der Waals surface area contributed by atoms with Gasteiger partial charge in [-0.05, 0) is 13.0 Å². The molecule has 0 bridgehead atoms. The molecule has 4 heterocycles. The highest BCUT2D eigenvalue weighted by Crippen LogP contribution is 2.33. The van der Waals surface area contributed by atoms with Gasteiger partial charge in [-0.25, -0.2) is 15.0 Å². The zero-order valence-electron chi connectivity index (χ0n) is 17.2. The summed E-state index contributed by atoms with van der Waals surface area (Å²) in [5.74, 6) is 0.845. The summed E-state index contributed by atoms with van der Waals surface area (Å²) in [6.07, 6.45) is -0.430. The van der Waals surface area contributed by atoms with E-state index < -0.39 is 30.4 Å². The van der Waals surface area contributed by atoms with E-state index in [1.54, 1.807) is 25.5 Å². The fraction of sp³-hybridized carbons (Fsp3) is 0.421. The molecule has 0 aliphatic carbocycles. The van der Waals surface area contributed by atoms with Crippen molar-refractivity contribution in [1.82, 2.24) is 29.8 Å². The second-order valence-electron chi connectivity index (χ2n) is 6.85. The molecule has 1 aliphatic rings. The molecule has 1 amide bonds. The zero-order valence-corrected chi connectivity index (χ0v) is 17.2. The fourth-order valence-electron chi connectivity index (χ4n) is 3.44. The summed E-state index contributed by atoms with van der Waals surface area (Å²) < 4.78 is 12.6. The Morgan fingerprint density at radius 2 is 2.06 bits per heavy atom. The number of hydrogen-bond donors (Lipinski definition) is 4. The number of hydrogen-bond acceptors (Lipinski definition) is 10. The molecule has 4 rings (SSSR count). The van der Waals surface area contributed by atoms with Gasteiger partial charge >= 0.3 is 0 Å². The summed E-state index contributed by atoms with van der Waals surface area (Å²) in [6, 6.07) is 1.77. The molecule has 12 nitrogen and oxygen atoms in total. The summed E-state index contributed by atoms with van der Waals surface area (Å²) in [6.45, 7) is 2.37. The van der Waals surface area contributed by atoms with Crippen molar-refractivity contribution in [1.29, 1.82) is 0 Å². The normalized spacial score (nSPS) is 23.1. The molecule has 0 spiro atoms. The van der Waals surface area contributed by atoms with Gasteiger partial charge in [-0.15, -0.1) is 0 Å². The van der Waals surface area contributed by atoms with Gasteiger partial charge in [0, 0.05) is 25.9 Å². The quantitative estimate of drug-likeness (QED) is 0.410. The number of amides is 1. The van der Waals surface area contributed by atoms with Gasteiger partial charge in [0.15, 0.2) is 35.1 Å². The third kappa shape index (κ3) is 3.65. The number of anilines is 1. The lowest BCUT2D eigenvalue weighted by atomic mass is 10.1. The van der Waals surface area contributed by atoms with Crippen LogP contribution in [0.3, 0.4) is 0 Å². The largest absolute Gasteiger partial charge is 0.492 e. The highest BCUT2D eigenvalue weighted by Gasteiger charge is 2.47. The predicted molar refractivity (Wildman–Crippen MR) is 109 cm³/mol. The van der Waals surface area contributed by atoms with Gasteiger partial charge in [0.25, 0.3) is 5.91 Å². The Labute approximate surface area is 177 Å². The average molecular weight is 429 g/mol. The molecule has 0 unspecified atom stereocenters. The first-order chi connectivity index (χ1) is 15.0. The van der Waals surface area contributed by atoms with E-state index in [1.165, 1.54) is 17.9 Å². The van der Waals surface area contributed by atoms with Gasteiger partial charge in [-0.3, -0.25) is 14.3 Å². The van der Waals surface area contributed by atoms with E-state index in [0.717, 1.165) is 0 Å². The number of carbonyl (C=O) groups is 1. The van der Waals surface area contributed by atoms with Crippen LogP contribution in [0.4, 0.5) is 5.82 Å². The molecule has 0 saturated carbocycles. The minimum atomic E-state index is -1.40. The Morgan fingerprint density at radius 1 is 1.26 bits per heavy atom. The first-order valence-electron chi connectivity index (χ1n) is 9.72. The van der Waals surface area contributed by atoms with Crippen molar-refractivity contribution in [3.8, 4) is 17.1 Å². The first-order valence-corrected chi connectivity index (χ1v) is 9.72. The van der Waals surface area contributed by atoms with Crippen LogP contribution in [0.25, 0.3) is 22.6 Å². The van der Waals surface area contributed by atoms with E-state index in [2.05, 4.69) is 30.6 Å². The number of aliphatic hydroxyl groups is 2. The van der Waals surface area contributed by atoms with Gasteiger partial charge in [0.1, 0.15) is 18.0 Å². The summed E-state index contributed by atoms with van der Waals surface area (Å²) >= 11 is 0. The van der Waals surface area contributed by atoms with Crippen LogP contribution in [-0.2, 0) is 9.53 Å². The smallest absolute Gasteiger partial charge is 0.251 e. The van der Waals surface area contributed by atoms with Crippen molar-refractivity contribution in [2.75, 3.05) is 26.0 Å². The number of aliphatic hydroxyl groups excluding tert-OH is 2. The zero-order chi connectivity index (χ0) is 22.1. The molecule has 31 heavy (non-hydrogen) atoms. The SMILES string of the molecule is CCOc1cncc(-c2nc(NC)c3ncn([C@@H]4O[C@H](C(=O)NC)[C@@H](O)[C@H]4O)c3n2)c1. The fourth-order valence-corrected chi connectivity index (χ4v) is 3.44. The number of likely N-dealkylation sites (N-methyl/N-ethyl adjacent to an activating group) is 1. The maximum Gasteiger partial charge on any atom is 0.251 e. The van der Waals surface area contributed by atoms with E-state index in [-0.39, 0.29) is 0 Å². The minimum absolute atomic E-state index is 0.350. The number of aromatic nitrogens is 5. The lowest BCUT2D eigenvalue weighted by Gasteiger charge is -2.17. The molecule has 3 aromatic rings. The highest BCUT2D eigenvalue weighted by atomic mass is 16.6. The predicted octanol–water partition coefficient (Wildman–Crippen LogP) is -0.306. The van der Waals surface area contributed by atoms with Crippen molar-refractivity contribution in [3.63, 3.8) is 0 Å². The highest BCUT2D eigenvalue weighted by molar-refractivity contribution is 5.85. The molecule has 0 radical (unpaired) electrons. The Morgan fingerprint density at radius 3 is 2.77 bits per heavy atom. The average Bonchev–Trinajstić information content (AvgIpc) is 3.34. The van der Waals surface area contributed by atoms with E-state index in [1.807, 2.05) is 6.92 Å². The monoisotopic (exact) mass is 429 g/mol. The van der Waals surface area contributed by atoms with Gasteiger partial charge in [0.2, 0.25) is 0 Å². The number of rotatable bonds is 6. The summed E-state index contributed by atoms with van der Waals surface area (Å²) in [4.78, 5) is 29.6. The summed E-state index contributed by atoms with van der Waals surface area (Å²) in [5.41, 5.74) is 1.41. The molecular formula is C19H23N7O5. The van der Waals surface area contributed by atoms with Crippen molar-refractivity contribution >= 4 is 22.9 Å². The molecule has 1 saturated heterocycles. The van der Waals surface area contributed by atoms with Crippen molar-refractivity contribution in [3.05, 3.63) is 24.8 Å². The van der Waals surface area contributed by atoms with Crippen LogP contribution >= 0.6 is 0 Å². The van der Waals surface area contributed by atoms with Gasteiger partial charge in [0.05, 0.1) is 19.1 Å². The topological polar surface area (TPSA) is 157 Å². The Bertz CT molecular complexity index is 1100. The Kier molecular flexibility index (Phi) is 5.67. The third-order valence-electron chi connectivity index (χ3n) is 4.96. The minimum Gasteiger partial charge on any atom is -0.492 e. The standard InChI is InChI=1S/C19H23N7O5/c1-4-30-10-5-9(6-22-7-10)15-24-16(20-2)11-17(25-15)26(8-23-11)19-13(28)12(27)14(31-19)18(29)21-3/h5-8,12-14,19,27-28H,4H2,1-3H3,(H,21,29)(H,20,24,25)/t12-,13+,14-,19+/m0/s1. The first kappa shape index (κ1) is 20.9. The van der Waals surface area contributed by atoms with Crippen LogP contribution in [-0.4, -0.2) is 79.6 Å². The van der Waals surface area contributed by atoms with E-state index in [4.69, 9.17) is 9.47 Å². The second-order valence-corrected chi connectivity index (χ2v) is 6.85. The van der Waals surface area contributed by atoms with Crippen molar-refractivity contribution < 1.29 is 24.5 Å². The van der Waals surface area contributed by atoms with Crippen LogP contribution in [0.15, 0.2) is 24.8 Å². The number of nitrogens with zero attached hydrogens (tertiary/aromatic N) is 5. The lowest BCUT2D eigenvalue weighted by molar-refractivity contribution is -0.137. The molecule has 3 aromatic heterocycles. The van der Waals surface area contributed by atoms with Crippen molar-refractivity contribution in [2.45, 2.75) is 31.5 Å². The van der Waals surface area contributed by atoms with E-state index in [0.29, 0.717) is 40.7 Å². The lowest BCUT2D eigenvalue weighted by Crippen LogP contribution is -2.41. The van der Waals surface area contributed by atoms with Crippen molar-refractivity contribution in [2.24, 2.45) is 0 Å². The van der Waals surface area contributed by atoms with E-state index in [9.17, 15) is 15.0 Å². The number of carbonyl (C=O) groups excluding carboxylic acids is 1. The van der Waals surface area contributed by atoms with Crippen LogP contribution < -0.4 is 15.4 Å².